The number of hydrogen-bond acceptors (Lipinski definition) is 8. The van der Waals surface area contributed by atoms with Crippen LogP contribution in [0.25, 0.3) is 0 Å². The first-order valence-electron chi connectivity index (χ1n) is 13.5. The molecule has 0 atom stereocenters. The van der Waals surface area contributed by atoms with Crippen LogP contribution in [0.4, 0.5) is 10.1 Å². The Balaban J connectivity index is 1.50. The lowest BCUT2D eigenvalue weighted by Gasteiger charge is -2.24. The summed E-state index contributed by atoms with van der Waals surface area (Å²) in [7, 11) is -1.51. The van der Waals surface area contributed by atoms with Crippen molar-refractivity contribution in [2.75, 3.05) is 31.7 Å². The second-order valence-electron chi connectivity index (χ2n) is 9.21. The van der Waals surface area contributed by atoms with Crippen molar-refractivity contribution in [3.05, 3.63) is 108 Å². The van der Waals surface area contributed by atoms with Crippen molar-refractivity contribution in [2.45, 2.75) is 18.4 Å². The van der Waals surface area contributed by atoms with Crippen molar-refractivity contribution in [3.8, 4) is 23.0 Å². The Labute approximate surface area is 255 Å². The molecule has 0 aromatic heterocycles. The topological polar surface area (TPSA) is 116 Å². The van der Waals surface area contributed by atoms with Crippen molar-refractivity contribution in [2.24, 2.45) is 5.10 Å². The van der Waals surface area contributed by atoms with E-state index in [0.29, 0.717) is 36.0 Å². The quantitative estimate of drug-likeness (QED) is 0.153. The zero-order valence-corrected chi connectivity index (χ0v) is 25.2. The van der Waals surface area contributed by atoms with Crippen LogP contribution in [-0.4, -0.2) is 47.9 Å². The molecule has 0 aliphatic rings. The third-order valence-corrected chi connectivity index (χ3v) is 8.02. The smallest absolute Gasteiger partial charge is 0.264 e. The van der Waals surface area contributed by atoms with Gasteiger partial charge in [-0.2, -0.15) is 5.10 Å². The van der Waals surface area contributed by atoms with Gasteiger partial charge in [-0.3, -0.25) is 9.10 Å². The maximum atomic E-state index is 13.7. The number of nitrogens with zero attached hydrogens (tertiary/aromatic N) is 2. The summed E-state index contributed by atoms with van der Waals surface area (Å²) in [5.74, 6) is 0.269. The number of benzene rings is 4. The van der Waals surface area contributed by atoms with Crippen molar-refractivity contribution < 1.29 is 36.6 Å². The van der Waals surface area contributed by atoms with E-state index in [4.69, 9.17) is 18.9 Å². The Morgan fingerprint density at radius 1 is 0.864 bits per heavy atom. The summed E-state index contributed by atoms with van der Waals surface area (Å²) in [4.78, 5) is 12.8. The Morgan fingerprint density at radius 2 is 1.57 bits per heavy atom. The lowest BCUT2D eigenvalue weighted by atomic mass is 10.2. The molecular formula is C32H32FN3O7S. The molecule has 4 aromatic rings. The van der Waals surface area contributed by atoms with Gasteiger partial charge in [0.15, 0.2) is 23.0 Å². The van der Waals surface area contributed by atoms with Crippen LogP contribution in [-0.2, 0) is 21.4 Å². The van der Waals surface area contributed by atoms with Crippen LogP contribution in [0.15, 0.2) is 101 Å². The van der Waals surface area contributed by atoms with Gasteiger partial charge in [-0.25, -0.2) is 18.2 Å². The van der Waals surface area contributed by atoms with Crippen molar-refractivity contribution in [1.29, 1.82) is 0 Å². The highest BCUT2D eigenvalue weighted by molar-refractivity contribution is 7.92. The van der Waals surface area contributed by atoms with E-state index in [1.807, 2.05) is 37.3 Å². The minimum absolute atomic E-state index is 0.0766. The van der Waals surface area contributed by atoms with Crippen molar-refractivity contribution in [1.82, 2.24) is 5.43 Å². The van der Waals surface area contributed by atoms with Crippen LogP contribution in [0.2, 0.25) is 0 Å². The van der Waals surface area contributed by atoms with E-state index in [1.165, 1.54) is 50.8 Å². The summed E-state index contributed by atoms with van der Waals surface area (Å²) >= 11 is 0. The fourth-order valence-corrected chi connectivity index (χ4v) is 5.54. The molecule has 0 aliphatic carbocycles. The molecule has 0 saturated carbocycles. The number of methoxy groups -OCH3 is 2. The molecule has 12 heteroatoms. The van der Waals surface area contributed by atoms with E-state index in [1.54, 1.807) is 18.2 Å². The van der Waals surface area contributed by atoms with Gasteiger partial charge in [0.1, 0.15) is 19.0 Å². The van der Waals surface area contributed by atoms with Crippen molar-refractivity contribution in [3.63, 3.8) is 0 Å². The number of carbonyl (C=O) groups excluding carboxylic acids is 1. The largest absolute Gasteiger partial charge is 0.493 e. The van der Waals surface area contributed by atoms with Crippen LogP contribution in [0.5, 0.6) is 23.0 Å². The number of nitrogens with one attached hydrogen (secondary N) is 1. The zero-order valence-electron chi connectivity index (χ0n) is 24.4. The number of ether oxygens (including phenoxy) is 4. The number of hydrazone groups is 1. The second-order valence-corrected chi connectivity index (χ2v) is 11.1. The summed E-state index contributed by atoms with van der Waals surface area (Å²) < 4.78 is 64.0. The van der Waals surface area contributed by atoms with Crippen LogP contribution < -0.4 is 28.7 Å². The molecule has 10 nitrogen and oxygen atoms in total. The summed E-state index contributed by atoms with van der Waals surface area (Å²) in [5.41, 5.74) is 4.04. The lowest BCUT2D eigenvalue weighted by molar-refractivity contribution is -0.119. The molecule has 4 rings (SSSR count). The lowest BCUT2D eigenvalue weighted by Crippen LogP contribution is -2.39. The molecular weight excluding hydrogens is 589 g/mol. The predicted octanol–water partition coefficient (Wildman–Crippen LogP) is 5.17. The van der Waals surface area contributed by atoms with Crippen LogP contribution in [0.1, 0.15) is 18.1 Å². The molecule has 0 fully saturated rings. The second kappa shape index (κ2) is 14.9. The van der Waals surface area contributed by atoms with Gasteiger partial charge in [-0.15, -0.1) is 0 Å². The van der Waals surface area contributed by atoms with Crippen molar-refractivity contribution >= 4 is 27.8 Å². The highest BCUT2D eigenvalue weighted by Gasteiger charge is 2.28. The number of hydrogen-bond donors (Lipinski definition) is 1. The van der Waals surface area contributed by atoms with E-state index >= 15 is 0 Å². The van der Waals surface area contributed by atoms with E-state index in [9.17, 15) is 17.6 Å². The van der Waals surface area contributed by atoms with Crippen LogP contribution in [0, 0.1) is 5.82 Å². The van der Waals surface area contributed by atoms with Gasteiger partial charge >= 0.3 is 0 Å². The first kappa shape index (κ1) is 31.8. The highest BCUT2D eigenvalue weighted by Crippen LogP contribution is 2.32. The normalized spacial score (nSPS) is 11.2. The Kier molecular flexibility index (Phi) is 10.8. The molecule has 230 valence electrons. The molecule has 1 N–H and O–H groups in total. The number of sulfonamides is 1. The maximum Gasteiger partial charge on any atom is 0.264 e. The molecule has 0 unspecified atom stereocenters. The number of halogens is 1. The molecule has 0 aliphatic heterocycles. The zero-order chi connectivity index (χ0) is 31.5. The van der Waals surface area contributed by atoms with Gasteiger partial charge in [0.2, 0.25) is 0 Å². The van der Waals surface area contributed by atoms with Crippen LogP contribution in [0.3, 0.4) is 0 Å². The summed E-state index contributed by atoms with van der Waals surface area (Å²) in [5, 5.41) is 3.99. The van der Waals surface area contributed by atoms with E-state index in [0.717, 1.165) is 22.0 Å². The van der Waals surface area contributed by atoms with Gasteiger partial charge in [0.25, 0.3) is 15.9 Å². The average molecular weight is 622 g/mol. The molecule has 4 aromatic carbocycles. The Bertz CT molecular complexity index is 1700. The number of amides is 1. The van der Waals surface area contributed by atoms with E-state index < -0.39 is 28.3 Å². The first-order chi connectivity index (χ1) is 21.2. The molecule has 0 saturated heterocycles. The minimum atomic E-state index is -4.31. The van der Waals surface area contributed by atoms with Gasteiger partial charge < -0.3 is 18.9 Å². The standard InChI is InChI=1S/C32H32FN3O7S/c1-4-42-31-18-24(10-16-29(31)43-22-23-8-6-5-7-9-23)20-34-35-32(37)21-36(26-13-11-25(33)12-14-26)44(38,39)27-15-17-28(40-2)30(19-27)41-3/h5-20H,4,21-22H2,1-3H3,(H,35,37)/b34-20-. The molecule has 1 amide bonds. The Morgan fingerprint density at radius 3 is 2.25 bits per heavy atom. The first-order valence-corrected chi connectivity index (χ1v) is 14.9. The summed E-state index contributed by atoms with van der Waals surface area (Å²) in [6, 6.07) is 23.7. The minimum Gasteiger partial charge on any atom is -0.493 e. The third-order valence-electron chi connectivity index (χ3n) is 6.25. The molecule has 0 spiro atoms. The van der Waals surface area contributed by atoms with Gasteiger partial charge in [0, 0.05) is 6.07 Å². The average Bonchev–Trinajstić information content (AvgIpc) is 3.04. The summed E-state index contributed by atoms with van der Waals surface area (Å²) in [6.07, 6.45) is 1.40. The highest BCUT2D eigenvalue weighted by atomic mass is 32.2. The monoisotopic (exact) mass is 621 g/mol. The predicted molar refractivity (Wildman–Crippen MR) is 165 cm³/mol. The third kappa shape index (κ3) is 8.04. The van der Waals surface area contributed by atoms with Crippen LogP contribution >= 0.6 is 0 Å². The fraction of sp³-hybridized carbons (Fsp3) is 0.188. The molecule has 0 bridgehead atoms. The summed E-state index contributed by atoms with van der Waals surface area (Å²) in [6.45, 7) is 1.98. The van der Waals surface area contributed by atoms with Gasteiger partial charge in [-0.05, 0) is 72.6 Å². The van der Waals surface area contributed by atoms with E-state index in [2.05, 4.69) is 10.5 Å². The number of anilines is 1. The number of rotatable bonds is 14. The van der Waals surface area contributed by atoms with Gasteiger partial charge in [-0.1, -0.05) is 30.3 Å². The Hall–Kier alpha value is -5.10. The number of carbonyl (C=O) groups is 1. The molecule has 0 radical (unpaired) electrons. The maximum absolute atomic E-state index is 13.7. The van der Waals surface area contributed by atoms with E-state index in [-0.39, 0.29) is 16.3 Å². The fourth-order valence-electron chi connectivity index (χ4n) is 4.10. The molecule has 44 heavy (non-hydrogen) atoms. The molecule has 0 heterocycles. The SMILES string of the molecule is CCOc1cc(/C=N\NC(=O)CN(c2ccc(F)cc2)S(=O)(=O)c2ccc(OC)c(OC)c2)ccc1OCc1ccccc1. The van der Waals surface area contributed by atoms with Gasteiger partial charge in [0.05, 0.1) is 37.6 Å².